The Balaban J connectivity index is 2.09. The number of phenols is 1. The number of carbonyl (C=O) groups is 2. The van der Waals surface area contributed by atoms with E-state index in [2.05, 4.69) is 5.32 Å². The fourth-order valence-electron chi connectivity index (χ4n) is 2.11. The maximum absolute atomic E-state index is 12.3. The number of rotatable bonds is 5. The van der Waals surface area contributed by atoms with E-state index in [1.54, 1.807) is 31.2 Å². The van der Waals surface area contributed by atoms with Crippen molar-refractivity contribution in [3.63, 3.8) is 0 Å². The van der Waals surface area contributed by atoms with Gasteiger partial charge in [0, 0.05) is 5.02 Å². The summed E-state index contributed by atoms with van der Waals surface area (Å²) in [5.41, 5.74) is 0.900. The highest BCUT2D eigenvalue weighted by Gasteiger charge is 2.22. The minimum atomic E-state index is -1.09. The molecule has 0 fully saturated rings. The number of aryl methyl sites for hydroxylation is 1. The number of phenolic OH excluding ortho intramolecular Hbond substituents is 1. The number of anilines is 1. The summed E-state index contributed by atoms with van der Waals surface area (Å²) in [4.78, 5) is 24.4. The molecular formula is C18H18ClNO5. The van der Waals surface area contributed by atoms with E-state index < -0.39 is 18.0 Å². The van der Waals surface area contributed by atoms with Gasteiger partial charge in [0.2, 0.25) is 0 Å². The monoisotopic (exact) mass is 363 g/mol. The van der Waals surface area contributed by atoms with Gasteiger partial charge in [-0.05, 0) is 43.7 Å². The lowest BCUT2D eigenvalue weighted by Gasteiger charge is -2.16. The van der Waals surface area contributed by atoms with Crippen LogP contribution in [0.4, 0.5) is 5.69 Å². The molecular weight excluding hydrogens is 346 g/mol. The summed E-state index contributed by atoms with van der Waals surface area (Å²) in [7, 11) is 1.46. The first kappa shape index (κ1) is 18.6. The molecule has 6 nitrogen and oxygen atoms in total. The first-order chi connectivity index (χ1) is 11.8. The molecule has 0 aliphatic rings. The molecule has 2 N–H and O–H groups in total. The van der Waals surface area contributed by atoms with Gasteiger partial charge < -0.3 is 19.9 Å². The second-order valence-electron chi connectivity index (χ2n) is 5.35. The van der Waals surface area contributed by atoms with Crippen molar-refractivity contribution in [1.29, 1.82) is 0 Å². The summed E-state index contributed by atoms with van der Waals surface area (Å²) in [5, 5.41) is 12.9. The standard InChI is InChI=1S/C18H18ClNO5/c1-10-5-4-6-13(16(10)21)18(23)25-11(2)17(22)20-14-9-12(19)7-8-15(14)24-3/h4-9,11,21H,1-3H3,(H,20,22)/t11-/m0/s1. The Morgan fingerprint density at radius 1 is 1.24 bits per heavy atom. The van der Waals surface area contributed by atoms with Crippen LogP contribution in [-0.4, -0.2) is 30.2 Å². The summed E-state index contributed by atoms with van der Waals surface area (Å²) < 4.78 is 10.3. The molecule has 25 heavy (non-hydrogen) atoms. The van der Waals surface area contributed by atoms with E-state index in [9.17, 15) is 14.7 Å². The van der Waals surface area contributed by atoms with E-state index >= 15 is 0 Å². The van der Waals surface area contributed by atoms with Crippen LogP contribution in [0, 0.1) is 6.92 Å². The highest BCUT2D eigenvalue weighted by Crippen LogP contribution is 2.28. The van der Waals surface area contributed by atoms with E-state index in [-0.39, 0.29) is 11.3 Å². The van der Waals surface area contributed by atoms with Gasteiger partial charge in [0.1, 0.15) is 17.1 Å². The Bertz CT molecular complexity index is 806. The van der Waals surface area contributed by atoms with Crippen molar-refractivity contribution in [2.24, 2.45) is 0 Å². The lowest BCUT2D eigenvalue weighted by Crippen LogP contribution is -2.30. The fourth-order valence-corrected chi connectivity index (χ4v) is 2.29. The molecule has 0 aromatic heterocycles. The van der Waals surface area contributed by atoms with Crippen molar-refractivity contribution in [2.75, 3.05) is 12.4 Å². The van der Waals surface area contributed by atoms with Gasteiger partial charge in [-0.2, -0.15) is 0 Å². The third kappa shape index (κ3) is 4.42. The minimum absolute atomic E-state index is 0.0000129. The van der Waals surface area contributed by atoms with Crippen LogP contribution in [0.5, 0.6) is 11.5 Å². The normalized spacial score (nSPS) is 11.5. The molecule has 1 atom stereocenters. The zero-order valence-electron chi connectivity index (χ0n) is 14.0. The number of hydrogen-bond acceptors (Lipinski definition) is 5. The van der Waals surface area contributed by atoms with Crippen LogP contribution in [-0.2, 0) is 9.53 Å². The molecule has 1 amide bonds. The number of para-hydroxylation sites is 1. The molecule has 2 aromatic carbocycles. The number of ether oxygens (including phenoxy) is 2. The van der Waals surface area contributed by atoms with E-state index in [1.807, 2.05) is 0 Å². The smallest absolute Gasteiger partial charge is 0.342 e. The topological polar surface area (TPSA) is 84.9 Å². The van der Waals surface area contributed by atoms with Crippen molar-refractivity contribution in [3.8, 4) is 11.5 Å². The average Bonchev–Trinajstić information content (AvgIpc) is 2.57. The molecule has 0 aliphatic carbocycles. The van der Waals surface area contributed by atoms with Gasteiger partial charge in [-0.25, -0.2) is 4.79 Å². The summed E-state index contributed by atoms with van der Waals surface area (Å²) in [6, 6.07) is 9.47. The predicted octanol–water partition coefficient (Wildman–Crippen LogP) is 3.55. The van der Waals surface area contributed by atoms with Crippen molar-refractivity contribution < 1.29 is 24.2 Å². The van der Waals surface area contributed by atoms with Gasteiger partial charge in [-0.1, -0.05) is 23.7 Å². The van der Waals surface area contributed by atoms with Crippen LogP contribution in [0.15, 0.2) is 36.4 Å². The minimum Gasteiger partial charge on any atom is -0.507 e. The molecule has 0 aliphatic heterocycles. The SMILES string of the molecule is COc1ccc(Cl)cc1NC(=O)[C@H](C)OC(=O)c1cccc(C)c1O. The van der Waals surface area contributed by atoms with E-state index in [0.29, 0.717) is 22.0 Å². The largest absolute Gasteiger partial charge is 0.507 e. The van der Waals surface area contributed by atoms with Gasteiger partial charge in [-0.3, -0.25) is 4.79 Å². The number of amides is 1. The molecule has 0 radical (unpaired) electrons. The van der Waals surface area contributed by atoms with Crippen LogP contribution >= 0.6 is 11.6 Å². The second kappa shape index (κ2) is 7.90. The number of halogens is 1. The fraction of sp³-hybridized carbons (Fsp3) is 0.222. The molecule has 2 rings (SSSR count). The first-order valence-electron chi connectivity index (χ1n) is 7.47. The zero-order chi connectivity index (χ0) is 18.6. The third-order valence-electron chi connectivity index (χ3n) is 3.53. The lowest BCUT2D eigenvalue weighted by molar-refractivity contribution is -0.123. The van der Waals surface area contributed by atoms with Crippen LogP contribution < -0.4 is 10.1 Å². The number of hydrogen-bond donors (Lipinski definition) is 2. The Morgan fingerprint density at radius 2 is 1.96 bits per heavy atom. The summed E-state index contributed by atoms with van der Waals surface area (Å²) in [6.45, 7) is 3.09. The maximum atomic E-state index is 12.3. The van der Waals surface area contributed by atoms with Gasteiger partial charge >= 0.3 is 5.97 Å². The van der Waals surface area contributed by atoms with Crippen molar-refractivity contribution >= 4 is 29.2 Å². The number of esters is 1. The van der Waals surface area contributed by atoms with E-state index in [0.717, 1.165) is 0 Å². The Labute approximate surface area is 150 Å². The highest BCUT2D eigenvalue weighted by atomic mass is 35.5. The van der Waals surface area contributed by atoms with Crippen LogP contribution in [0.1, 0.15) is 22.8 Å². The lowest BCUT2D eigenvalue weighted by atomic mass is 10.1. The summed E-state index contributed by atoms with van der Waals surface area (Å²) in [5.74, 6) is -1.09. The highest BCUT2D eigenvalue weighted by molar-refractivity contribution is 6.31. The van der Waals surface area contributed by atoms with Crippen molar-refractivity contribution in [3.05, 3.63) is 52.5 Å². The number of carbonyl (C=O) groups excluding carboxylic acids is 2. The Kier molecular flexibility index (Phi) is 5.88. The number of benzene rings is 2. The van der Waals surface area contributed by atoms with Crippen LogP contribution in [0.3, 0.4) is 0 Å². The van der Waals surface area contributed by atoms with Crippen molar-refractivity contribution in [2.45, 2.75) is 20.0 Å². The molecule has 0 unspecified atom stereocenters. The van der Waals surface area contributed by atoms with Gasteiger partial charge in [0.15, 0.2) is 6.10 Å². The molecule has 7 heteroatoms. The van der Waals surface area contributed by atoms with Crippen molar-refractivity contribution in [1.82, 2.24) is 0 Å². The number of methoxy groups -OCH3 is 1. The molecule has 0 saturated carbocycles. The second-order valence-corrected chi connectivity index (χ2v) is 5.79. The third-order valence-corrected chi connectivity index (χ3v) is 3.77. The zero-order valence-corrected chi connectivity index (χ0v) is 14.8. The van der Waals surface area contributed by atoms with Gasteiger partial charge in [0.05, 0.1) is 12.8 Å². The first-order valence-corrected chi connectivity index (χ1v) is 7.85. The molecule has 0 bridgehead atoms. The molecule has 0 saturated heterocycles. The van der Waals surface area contributed by atoms with Gasteiger partial charge in [0.25, 0.3) is 5.91 Å². The van der Waals surface area contributed by atoms with Crippen LogP contribution in [0.25, 0.3) is 0 Å². The quantitative estimate of drug-likeness (QED) is 0.793. The number of nitrogens with one attached hydrogen (secondary N) is 1. The Morgan fingerprint density at radius 3 is 2.64 bits per heavy atom. The van der Waals surface area contributed by atoms with Crippen LogP contribution in [0.2, 0.25) is 5.02 Å². The molecule has 0 spiro atoms. The van der Waals surface area contributed by atoms with Gasteiger partial charge in [-0.15, -0.1) is 0 Å². The average molecular weight is 364 g/mol. The molecule has 0 heterocycles. The predicted molar refractivity (Wildman–Crippen MR) is 94.4 cm³/mol. The maximum Gasteiger partial charge on any atom is 0.342 e. The molecule has 2 aromatic rings. The Hall–Kier alpha value is -2.73. The number of aromatic hydroxyl groups is 1. The summed E-state index contributed by atoms with van der Waals surface area (Å²) in [6.07, 6.45) is -1.09. The summed E-state index contributed by atoms with van der Waals surface area (Å²) >= 11 is 5.91. The van der Waals surface area contributed by atoms with E-state index in [1.165, 1.54) is 26.2 Å². The van der Waals surface area contributed by atoms with E-state index in [4.69, 9.17) is 21.1 Å². The molecule has 132 valence electrons.